The van der Waals surface area contributed by atoms with Crippen molar-refractivity contribution in [3.8, 4) is 0 Å². The molecule has 4 unspecified atom stereocenters. The van der Waals surface area contributed by atoms with Crippen molar-refractivity contribution in [3.05, 3.63) is 11.7 Å². The smallest absolute Gasteiger partial charge is 0.234 e. The van der Waals surface area contributed by atoms with Crippen LogP contribution in [-0.2, 0) is 5.41 Å². The van der Waals surface area contributed by atoms with Crippen molar-refractivity contribution < 1.29 is 4.52 Å². The highest BCUT2D eigenvalue weighted by atomic mass is 32.2. The highest BCUT2D eigenvalue weighted by molar-refractivity contribution is 8.07. The van der Waals surface area contributed by atoms with Gasteiger partial charge in [0.25, 0.3) is 0 Å². The summed E-state index contributed by atoms with van der Waals surface area (Å²) in [5, 5.41) is 9.46. The summed E-state index contributed by atoms with van der Waals surface area (Å²) >= 11 is 4.01. The molecule has 1 aromatic heterocycles. The molecule has 1 aromatic rings. The van der Waals surface area contributed by atoms with E-state index in [0.29, 0.717) is 15.7 Å². The average molecular weight is 313 g/mol. The van der Waals surface area contributed by atoms with E-state index in [1.165, 1.54) is 0 Å². The first-order valence-electron chi connectivity index (χ1n) is 7.46. The summed E-state index contributed by atoms with van der Waals surface area (Å²) in [6.45, 7) is 8.82. The molecule has 2 saturated heterocycles. The number of aromatic nitrogens is 2. The number of thioether (sulfide) groups is 2. The van der Waals surface area contributed by atoms with Crippen LogP contribution in [0.4, 0.5) is 0 Å². The lowest BCUT2D eigenvalue weighted by Crippen LogP contribution is -2.28. The quantitative estimate of drug-likeness (QED) is 0.926. The Bertz CT molecular complexity index is 459. The Balaban J connectivity index is 1.77. The molecule has 0 aliphatic carbocycles. The molecule has 0 amide bonds. The summed E-state index contributed by atoms with van der Waals surface area (Å²) < 4.78 is 5.63. The summed E-state index contributed by atoms with van der Waals surface area (Å²) in [5.41, 5.74) is 0.0661. The maximum Gasteiger partial charge on any atom is 0.234 e. The van der Waals surface area contributed by atoms with Crippen molar-refractivity contribution in [1.29, 1.82) is 0 Å². The molecule has 1 N–H and O–H groups in total. The van der Waals surface area contributed by atoms with Crippen LogP contribution in [0.15, 0.2) is 4.52 Å². The van der Waals surface area contributed by atoms with Crippen molar-refractivity contribution >= 4 is 23.5 Å². The van der Waals surface area contributed by atoms with E-state index in [4.69, 9.17) is 9.51 Å². The minimum absolute atomic E-state index is 0.0661. The summed E-state index contributed by atoms with van der Waals surface area (Å²) in [6, 6.07) is 0. The Kier molecular flexibility index (Phi) is 4.34. The summed E-state index contributed by atoms with van der Waals surface area (Å²) in [5.74, 6) is 2.83. The SMILES string of the molecule is CCC1(c2nc(C3CSC(C)C(C)S3)no2)CCNC1. The lowest BCUT2D eigenvalue weighted by atomic mass is 9.84. The van der Waals surface area contributed by atoms with Gasteiger partial charge >= 0.3 is 0 Å². The second-order valence-corrected chi connectivity index (χ2v) is 8.88. The van der Waals surface area contributed by atoms with Crippen molar-refractivity contribution in [2.75, 3.05) is 18.8 Å². The Morgan fingerprint density at radius 3 is 2.90 bits per heavy atom. The van der Waals surface area contributed by atoms with Crippen molar-refractivity contribution in [1.82, 2.24) is 15.5 Å². The van der Waals surface area contributed by atoms with Crippen LogP contribution in [-0.4, -0.2) is 39.5 Å². The van der Waals surface area contributed by atoms with Gasteiger partial charge in [-0.2, -0.15) is 16.7 Å². The van der Waals surface area contributed by atoms with E-state index in [9.17, 15) is 0 Å². The molecule has 0 spiro atoms. The molecule has 0 radical (unpaired) electrons. The van der Waals surface area contributed by atoms with Crippen LogP contribution in [0.25, 0.3) is 0 Å². The van der Waals surface area contributed by atoms with Gasteiger partial charge in [-0.15, -0.1) is 11.8 Å². The van der Waals surface area contributed by atoms with Gasteiger partial charge in [-0.25, -0.2) is 0 Å². The largest absolute Gasteiger partial charge is 0.339 e. The first-order valence-corrected chi connectivity index (χ1v) is 9.45. The lowest BCUT2D eigenvalue weighted by Gasteiger charge is -2.29. The van der Waals surface area contributed by atoms with Gasteiger partial charge in [-0.05, 0) is 19.4 Å². The molecule has 4 nitrogen and oxygen atoms in total. The minimum Gasteiger partial charge on any atom is -0.339 e. The lowest BCUT2D eigenvalue weighted by molar-refractivity contribution is 0.283. The third-order valence-electron chi connectivity index (χ3n) is 4.65. The summed E-state index contributed by atoms with van der Waals surface area (Å²) in [4.78, 5) is 4.77. The summed E-state index contributed by atoms with van der Waals surface area (Å²) in [6.07, 6.45) is 2.16. The second-order valence-electron chi connectivity index (χ2n) is 5.89. The predicted octanol–water partition coefficient (Wildman–Crippen LogP) is 3.01. The molecule has 0 aromatic carbocycles. The molecule has 2 aliphatic rings. The van der Waals surface area contributed by atoms with Gasteiger partial charge in [0.15, 0.2) is 5.82 Å². The van der Waals surface area contributed by atoms with E-state index in [1.807, 2.05) is 23.5 Å². The van der Waals surface area contributed by atoms with Gasteiger partial charge in [0.2, 0.25) is 5.89 Å². The zero-order chi connectivity index (χ0) is 14.2. The van der Waals surface area contributed by atoms with Crippen LogP contribution in [0.2, 0.25) is 0 Å². The maximum atomic E-state index is 5.63. The molecule has 2 aliphatic heterocycles. The van der Waals surface area contributed by atoms with Crippen LogP contribution < -0.4 is 5.32 Å². The molecule has 4 atom stereocenters. The molecule has 0 bridgehead atoms. The third kappa shape index (κ3) is 2.62. The maximum absolute atomic E-state index is 5.63. The highest BCUT2D eigenvalue weighted by Gasteiger charge is 2.40. The van der Waals surface area contributed by atoms with E-state index >= 15 is 0 Å². The van der Waals surface area contributed by atoms with E-state index in [-0.39, 0.29) is 5.41 Å². The number of hydrogen-bond donors (Lipinski definition) is 1. The van der Waals surface area contributed by atoms with Crippen molar-refractivity contribution in [2.24, 2.45) is 0 Å². The molecular formula is C14H23N3OS2. The zero-order valence-corrected chi connectivity index (χ0v) is 14.0. The Morgan fingerprint density at radius 1 is 1.40 bits per heavy atom. The van der Waals surface area contributed by atoms with Gasteiger partial charge in [0.1, 0.15) is 0 Å². The van der Waals surface area contributed by atoms with Crippen molar-refractivity contribution in [3.63, 3.8) is 0 Å². The topological polar surface area (TPSA) is 51.0 Å². The van der Waals surface area contributed by atoms with Gasteiger partial charge in [0, 0.05) is 22.8 Å². The molecule has 20 heavy (non-hydrogen) atoms. The molecule has 3 heterocycles. The number of rotatable bonds is 3. The van der Waals surface area contributed by atoms with Gasteiger partial charge in [-0.1, -0.05) is 25.9 Å². The fraction of sp³-hybridized carbons (Fsp3) is 0.857. The number of hydrogen-bond acceptors (Lipinski definition) is 6. The predicted molar refractivity (Wildman–Crippen MR) is 85.5 cm³/mol. The number of nitrogens with zero attached hydrogens (tertiary/aromatic N) is 2. The number of nitrogens with one attached hydrogen (secondary N) is 1. The first-order chi connectivity index (χ1) is 9.64. The van der Waals surface area contributed by atoms with Crippen LogP contribution in [0.5, 0.6) is 0 Å². The van der Waals surface area contributed by atoms with Crippen LogP contribution in [0.1, 0.15) is 50.6 Å². The van der Waals surface area contributed by atoms with E-state index in [0.717, 1.165) is 43.4 Å². The van der Waals surface area contributed by atoms with Gasteiger partial charge < -0.3 is 9.84 Å². The average Bonchev–Trinajstić information content (AvgIpc) is 3.10. The Labute approximate surface area is 129 Å². The summed E-state index contributed by atoms with van der Waals surface area (Å²) in [7, 11) is 0. The van der Waals surface area contributed by atoms with Crippen LogP contribution >= 0.6 is 23.5 Å². The third-order valence-corrected chi connectivity index (χ3v) is 8.04. The van der Waals surface area contributed by atoms with Crippen LogP contribution in [0.3, 0.4) is 0 Å². The minimum atomic E-state index is 0.0661. The van der Waals surface area contributed by atoms with E-state index in [2.05, 4.69) is 31.2 Å². The molecule has 2 fully saturated rings. The van der Waals surface area contributed by atoms with Gasteiger partial charge in [0.05, 0.1) is 10.7 Å². The zero-order valence-electron chi connectivity index (χ0n) is 12.4. The van der Waals surface area contributed by atoms with Crippen molar-refractivity contribution in [2.45, 2.75) is 54.8 Å². The standard InChI is InChI=1S/C14H23N3OS2/c1-4-14(5-6-15-8-14)13-16-12(17-18-13)11-7-19-9(2)10(3)20-11/h9-11,15H,4-8H2,1-3H3. The molecule has 3 rings (SSSR count). The van der Waals surface area contributed by atoms with Gasteiger partial charge in [-0.3, -0.25) is 0 Å². The fourth-order valence-corrected chi connectivity index (χ4v) is 5.71. The first kappa shape index (κ1) is 14.7. The molecule has 112 valence electrons. The van der Waals surface area contributed by atoms with E-state index < -0.39 is 0 Å². The monoisotopic (exact) mass is 313 g/mol. The molecule has 0 saturated carbocycles. The second kappa shape index (κ2) is 5.89. The Morgan fingerprint density at radius 2 is 2.25 bits per heavy atom. The normalized spacial score (nSPS) is 38.2. The van der Waals surface area contributed by atoms with E-state index in [1.54, 1.807) is 0 Å². The Hall–Kier alpha value is -0.200. The fourth-order valence-electron chi connectivity index (χ4n) is 2.88. The molecule has 6 heteroatoms. The van der Waals surface area contributed by atoms with Crippen LogP contribution in [0, 0.1) is 0 Å². The molecular weight excluding hydrogens is 290 g/mol. The highest BCUT2D eigenvalue weighted by Crippen LogP contribution is 2.44.